The number of hydrogen-bond donors (Lipinski definition) is 2. The largest absolute Gasteiger partial charge is 0.467 e. The number of nitrogens with one attached hydrogen (secondary N) is 2. The zero-order chi connectivity index (χ0) is 24.8. The number of para-hydroxylation sites is 1. The molecule has 0 spiro atoms. The van der Waals surface area contributed by atoms with Crippen LogP contribution in [0.4, 0.5) is 5.69 Å². The highest BCUT2D eigenvalue weighted by molar-refractivity contribution is 8.00. The van der Waals surface area contributed by atoms with Gasteiger partial charge in [0.1, 0.15) is 5.76 Å². The van der Waals surface area contributed by atoms with Gasteiger partial charge in [0.05, 0.1) is 24.6 Å². The summed E-state index contributed by atoms with van der Waals surface area (Å²) in [6.45, 7) is 5.90. The number of furan rings is 1. The SMILES string of the molecule is Cc1cccc(C)c1NC(=O)CNC(=O)C(C)Sc1nnc(-c2cccnc2)n1Cc1ccco1. The molecule has 1 atom stereocenters. The maximum atomic E-state index is 12.7. The van der Waals surface area contributed by atoms with Gasteiger partial charge in [-0.15, -0.1) is 10.2 Å². The van der Waals surface area contributed by atoms with E-state index >= 15 is 0 Å². The molecule has 2 N–H and O–H groups in total. The van der Waals surface area contributed by atoms with E-state index in [1.165, 1.54) is 11.8 Å². The standard InChI is InChI=1S/C25H26N6O3S/c1-16-7-4-8-17(2)22(16)28-21(32)14-27-24(33)18(3)35-25-30-29-23(19-9-5-11-26-13-19)31(25)15-20-10-6-12-34-20/h4-13,18H,14-15H2,1-3H3,(H,27,33)(H,28,32). The molecule has 180 valence electrons. The molecule has 0 fully saturated rings. The van der Waals surface area contributed by atoms with Gasteiger partial charge in [0, 0.05) is 23.6 Å². The van der Waals surface area contributed by atoms with Crippen LogP contribution in [-0.4, -0.2) is 43.4 Å². The van der Waals surface area contributed by atoms with Crippen molar-refractivity contribution >= 4 is 29.3 Å². The second-order valence-electron chi connectivity index (χ2n) is 8.01. The molecule has 0 aliphatic carbocycles. The fourth-order valence-corrected chi connectivity index (χ4v) is 4.38. The Labute approximate surface area is 207 Å². The van der Waals surface area contributed by atoms with E-state index < -0.39 is 5.25 Å². The number of amides is 2. The number of nitrogens with zero attached hydrogens (tertiary/aromatic N) is 4. The Bertz CT molecular complexity index is 1280. The average Bonchev–Trinajstić information content (AvgIpc) is 3.51. The predicted molar refractivity (Wildman–Crippen MR) is 134 cm³/mol. The number of carbonyl (C=O) groups is 2. The van der Waals surface area contributed by atoms with Crippen molar-refractivity contribution < 1.29 is 14.0 Å². The third-order valence-corrected chi connectivity index (χ3v) is 6.43. The van der Waals surface area contributed by atoms with Crippen molar-refractivity contribution in [3.8, 4) is 11.4 Å². The number of rotatable bonds is 9. The molecular weight excluding hydrogens is 464 g/mol. The lowest BCUT2D eigenvalue weighted by atomic mass is 10.1. The second-order valence-corrected chi connectivity index (χ2v) is 9.31. The van der Waals surface area contributed by atoms with Gasteiger partial charge in [-0.3, -0.25) is 19.1 Å². The zero-order valence-electron chi connectivity index (χ0n) is 19.7. The maximum Gasteiger partial charge on any atom is 0.243 e. The van der Waals surface area contributed by atoms with Crippen LogP contribution in [-0.2, 0) is 16.1 Å². The van der Waals surface area contributed by atoms with E-state index in [9.17, 15) is 9.59 Å². The molecule has 1 unspecified atom stereocenters. The van der Waals surface area contributed by atoms with Crippen molar-refractivity contribution in [2.75, 3.05) is 11.9 Å². The first-order valence-electron chi connectivity index (χ1n) is 11.1. The fraction of sp³-hybridized carbons (Fsp3) is 0.240. The van der Waals surface area contributed by atoms with E-state index in [1.807, 2.05) is 60.9 Å². The number of aryl methyl sites for hydroxylation is 2. The molecule has 0 saturated carbocycles. The molecule has 10 heteroatoms. The van der Waals surface area contributed by atoms with E-state index in [4.69, 9.17) is 4.42 Å². The van der Waals surface area contributed by atoms with Crippen molar-refractivity contribution in [3.63, 3.8) is 0 Å². The van der Waals surface area contributed by atoms with Gasteiger partial charge in [-0.2, -0.15) is 0 Å². The van der Waals surface area contributed by atoms with Crippen LogP contribution in [0.1, 0.15) is 23.8 Å². The Kier molecular flexibility index (Phi) is 7.61. The quantitative estimate of drug-likeness (QED) is 0.343. The van der Waals surface area contributed by atoms with Crippen LogP contribution >= 0.6 is 11.8 Å². The van der Waals surface area contributed by atoms with E-state index in [0.717, 1.165) is 28.1 Å². The summed E-state index contributed by atoms with van der Waals surface area (Å²) in [4.78, 5) is 29.3. The Hall–Kier alpha value is -3.92. The minimum Gasteiger partial charge on any atom is -0.467 e. The van der Waals surface area contributed by atoms with Crippen LogP contribution in [0.15, 0.2) is 70.7 Å². The monoisotopic (exact) mass is 490 g/mol. The second kappa shape index (κ2) is 11.0. The topological polar surface area (TPSA) is 115 Å². The third kappa shape index (κ3) is 5.96. The molecule has 0 aliphatic heterocycles. The first-order valence-corrected chi connectivity index (χ1v) is 12.0. The van der Waals surface area contributed by atoms with Crippen molar-refractivity contribution in [3.05, 3.63) is 78.0 Å². The zero-order valence-corrected chi connectivity index (χ0v) is 20.5. The molecule has 4 rings (SSSR count). The number of pyridine rings is 1. The van der Waals surface area contributed by atoms with Gasteiger partial charge < -0.3 is 15.1 Å². The first kappa shape index (κ1) is 24.2. The molecule has 0 saturated heterocycles. The van der Waals surface area contributed by atoms with E-state index in [0.29, 0.717) is 17.5 Å². The number of aromatic nitrogens is 4. The average molecular weight is 491 g/mol. The van der Waals surface area contributed by atoms with Gasteiger partial charge in [0.15, 0.2) is 11.0 Å². The van der Waals surface area contributed by atoms with Crippen molar-refractivity contribution in [1.29, 1.82) is 0 Å². The highest BCUT2D eigenvalue weighted by Gasteiger charge is 2.22. The number of hydrogen-bond acceptors (Lipinski definition) is 7. The first-order chi connectivity index (χ1) is 16.9. The highest BCUT2D eigenvalue weighted by Crippen LogP contribution is 2.27. The summed E-state index contributed by atoms with van der Waals surface area (Å²) in [5.74, 6) is 0.796. The molecule has 2 amide bonds. The Morgan fingerprint density at radius 3 is 2.57 bits per heavy atom. The number of carbonyl (C=O) groups excluding carboxylic acids is 2. The third-order valence-electron chi connectivity index (χ3n) is 5.35. The molecule has 3 heterocycles. The molecule has 3 aromatic heterocycles. The minimum atomic E-state index is -0.510. The van der Waals surface area contributed by atoms with Crippen molar-refractivity contribution in [1.82, 2.24) is 25.1 Å². The van der Waals surface area contributed by atoms with Crippen LogP contribution in [0, 0.1) is 13.8 Å². The molecule has 4 aromatic rings. The van der Waals surface area contributed by atoms with Crippen molar-refractivity contribution in [2.24, 2.45) is 0 Å². The number of thioether (sulfide) groups is 1. The Morgan fingerprint density at radius 1 is 1.09 bits per heavy atom. The fourth-order valence-electron chi connectivity index (χ4n) is 3.50. The molecule has 1 aromatic carbocycles. The number of anilines is 1. The summed E-state index contributed by atoms with van der Waals surface area (Å²) >= 11 is 1.26. The van der Waals surface area contributed by atoms with Crippen LogP contribution in [0.2, 0.25) is 0 Å². The molecule has 35 heavy (non-hydrogen) atoms. The smallest absolute Gasteiger partial charge is 0.243 e. The van der Waals surface area contributed by atoms with Gasteiger partial charge in [0.25, 0.3) is 0 Å². The minimum absolute atomic E-state index is 0.127. The summed E-state index contributed by atoms with van der Waals surface area (Å²) in [6.07, 6.45) is 5.01. The van der Waals surface area contributed by atoms with Crippen LogP contribution in [0.5, 0.6) is 0 Å². The lowest BCUT2D eigenvalue weighted by molar-refractivity contribution is -0.123. The van der Waals surface area contributed by atoms with Gasteiger partial charge in [0.2, 0.25) is 11.8 Å². The lowest BCUT2D eigenvalue weighted by Gasteiger charge is -2.14. The summed E-state index contributed by atoms with van der Waals surface area (Å²) in [5.41, 5.74) is 3.50. The normalized spacial score (nSPS) is 11.7. The Balaban J connectivity index is 1.42. The van der Waals surface area contributed by atoms with E-state index in [2.05, 4.69) is 25.8 Å². The van der Waals surface area contributed by atoms with Crippen LogP contribution < -0.4 is 10.6 Å². The van der Waals surface area contributed by atoms with Gasteiger partial charge >= 0.3 is 0 Å². The molecule has 0 radical (unpaired) electrons. The molecule has 0 bridgehead atoms. The summed E-state index contributed by atoms with van der Waals surface area (Å²) in [6, 6.07) is 13.2. The summed E-state index contributed by atoms with van der Waals surface area (Å²) in [5, 5.41) is 14.3. The van der Waals surface area contributed by atoms with Gasteiger partial charge in [-0.05, 0) is 56.2 Å². The lowest BCUT2D eigenvalue weighted by Crippen LogP contribution is -2.37. The maximum absolute atomic E-state index is 12.7. The van der Waals surface area contributed by atoms with Crippen LogP contribution in [0.25, 0.3) is 11.4 Å². The predicted octanol–water partition coefficient (Wildman–Crippen LogP) is 3.83. The van der Waals surface area contributed by atoms with Crippen LogP contribution in [0.3, 0.4) is 0 Å². The highest BCUT2D eigenvalue weighted by atomic mass is 32.2. The molecule has 9 nitrogen and oxygen atoms in total. The van der Waals surface area contributed by atoms with Crippen molar-refractivity contribution in [2.45, 2.75) is 37.7 Å². The Morgan fingerprint density at radius 2 is 1.89 bits per heavy atom. The van der Waals surface area contributed by atoms with E-state index in [1.54, 1.807) is 25.6 Å². The summed E-state index contributed by atoms with van der Waals surface area (Å²) < 4.78 is 7.40. The van der Waals surface area contributed by atoms with E-state index in [-0.39, 0.29) is 18.4 Å². The molecule has 0 aliphatic rings. The van der Waals surface area contributed by atoms with Gasteiger partial charge in [-0.1, -0.05) is 30.0 Å². The molecular formula is C25H26N6O3S. The van der Waals surface area contributed by atoms with Gasteiger partial charge in [-0.25, -0.2) is 0 Å². The summed E-state index contributed by atoms with van der Waals surface area (Å²) in [7, 11) is 0. The number of benzene rings is 1.